The maximum atomic E-state index is 12.7. The number of aromatic carboxylic acids is 1. The zero-order chi connectivity index (χ0) is 14.2. The van der Waals surface area contributed by atoms with E-state index in [1.165, 1.54) is 0 Å². The van der Waals surface area contributed by atoms with E-state index < -0.39 is 34.8 Å². The number of hydrogen-bond acceptors (Lipinski definition) is 3. The lowest BCUT2D eigenvalue weighted by molar-refractivity contribution is -0.137. The third-order valence-electron chi connectivity index (χ3n) is 2.25. The molecular weight excluding hydrogens is 267 g/mol. The fourth-order valence-corrected chi connectivity index (χ4v) is 1.46. The van der Waals surface area contributed by atoms with Crippen molar-refractivity contribution in [2.45, 2.75) is 6.18 Å². The molecule has 9 heteroatoms. The molecule has 0 amide bonds. The van der Waals surface area contributed by atoms with Gasteiger partial charge in [0.15, 0.2) is 5.82 Å². The molecule has 0 bridgehead atoms. The molecule has 0 saturated carbocycles. The highest BCUT2D eigenvalue weighted by atomic mass is 19.4. The van der Waals surface area contributed by atoms with Gasteiger partial charge in [-0.2, -0.15) is 13.2 Å². The fourth-order valence-electron chi connectivity index (χ4n) is 1.46. The Morgan fingerprint density at radius 2 is 2.11 bits per heavy atom. The maximum Gasteiger partial charge on any atom is 0.420 e. The van der Waals surface area contributed by atoms with Crippen molar-refractivity contribution in [3.05, 3.63) is 46.0 Å². The summed E-state index contributed by atoms with van der Waals surface area (Å²) < 4.78 is 38.7. The van der Waals surface area contributed by atoms with Gasteiger partial charge in [0.05, 0.1) is 0 Å². The predicted octanol–water partition coefficient (Wildman–Crippen LogP) is 1.28. The van der Waals surface area contributed by atoms with Crippen molar-refractivity contribution in [1.29, 1.82) is 0 Å². The highest BCUT2D eigenvalue weighted by molar-refractivity contribution is 5.85. The highest BCUT2D eigenvalue weighted by Gasteiger charge is 2.35. The van der Waals surface area contributed by atoms with Gasteiger partial charge in [-0.25, -0.2) is 14.5 Å². The van der Waals surface area contributed by atoms with Gasteiger partial charge >= 0.3 is 12.1 Å². The van der Waals surface area contributed by atoms with Crippen LogP contribution in [0.15, 0.2) is 29.2 Å². The van der Waals surface area contributed by atoms with Gasteiger partial charge in [-0.15, -0.1) is 0 Å². The summed E-state index contributed by atoms with van der Waals surface area (Å²) in [5.74, 6) is -2.16. The van der Waals surface area contributed by atoms with Gasteiger partial charge in [-0.3, -0.25) is 9.89 Å². The Labute approximate surface area is 103 Å². The molecule has 0 saturated heterocycles. The first kappa shape index (κ1) is 12.9. The molecule has 0 spiro atoms. The number of hydrogen-bond donors (Lipinski definition) is 2. The molecule has 100 valence electrons. The number of carboxylic acids is 1. The number of carbonyl (C=O) groups is 1. The molecule has 0 fully saturated rings. The quantitative estimate of drug-likeness (QED) is 0.862. The standard InChI is InChI=1S/C10H6F3N3O3/c11-10(12,13)5-2-1-3-14-8(5)16-7(17)4-6(15-16)9(18)19/h1-4,15H,(H,18,19). The average molecular weight is 273 g/mol. The van der Waals surface area contributed by atoms with Crippen LogP contribution in [0.25, 0.3) is 5.82 Å². The number of alkyl halides is 3. The lowest BCUT2D eigenvalue weighted by atomic mass is 10.2. The number of nitrogens with one attached hydrogen (secondary N) is 1. The summed E-state index contributed by atoms with van der Waals surface area (Å²) in [4.78, 5) is 25.6. The lowest BCUT2D eigenvalue weighted by Gasteiger charge is -2.11. The van der Waals surface area contributed by atoms with Gasteiger partial charge in [-0.1, -0.05) is 0 Å². The number of nitrogens with zero attached hydrogens (tertiary/aromatic N) is 2. The Hall–Kier alpha value is -2.58. The zero-order valence-corrected chi connectivity index (χ0v) is 9.10. The van der Waals surface area contributed by atoms with Crippen LogP contribution < -0.4 is 5.56 Å². The van der Waals surface area contributed by atoms with Crippen molar-refractivity contribution < 1.29 is 23.1 Å². The second-order valence-electron chi connectivity index (χ2n) is 3.52. The number of H-pyrrole nitrogens is 1. The zero-order valence-electron chi connectivity index (χ0n) is 9.10. The van der Waals surface area contributed by atoms with Gasteiger partial charge in [-0.05, 0) is 12.1 Å². The Morgan fingerprint density at radius 3 is 2.63 bits per heavy atom. The monoisotopic (exact) mass is 273 g/mol. The molecule has 0 radical (unpaired) electrons. The van der Waals surface area contributed by atoms with Gasteiger partial charge in [0, 0.05) is 12.3 Å². The van der Waals surface area contributed by atoms with E-state index in [9.17, 15) is 22.8 Å². The summed E-state index contributed by atoms with van der Waals surface area (Å²) in [6.07, 6.45) is -3.64. The third-order valence-corrected chi connectivity index (χ3v) is 2.25. The summed E-state index contributed by atoms with van der Waals surface area (Å²) in [5.41, 5.74) is -2.61. The van der Waals surface area contributed by atoms with E-state index in [0.717, 1.165) is 18.3 Å². The number of halogens is 3. The number of pyridine rings is 1. The van der Waals surface area contributed by atoms with Crippen molar-refractivity contribution >= 4 is 5.97 Å². The normalized spacial score (nSPS) is 11.5. The van der Waals surface area contributed by atoms with Gasteiger partial charge in [0.2, 0.25) is 0 Å². The molecule has 6 nitrogen and oxygen atoms in total. The number of aromatic amines is 1. The second kappa shape index (κ2) is 4.26. The highest BCUT2D eigenvalue weighted by Crippen LogP contribution is 2.31. The second-order valence-corrected chi connectivity index (χ2v) is 3.52. The predicted molar refractivity (Wildman–Crippen MR) is 56.1 cm³/mol. The van der Waals surface area contributed by atoms with E-state index in [4.69, 9.17) is 5.11 Å². The van der Waals surface area contributed by atoms with Crippen LogP contribution in [-0.4, -0.2) is 25.8 Å². The first-order valence-corrected chi connectivity index (χ1v) is 4.88. The molecule has 2 rings (SSSR count). The van der Waals surface area contributed by atoms with Crippen molar-refractivity contribution in [2.75, 3.05) is 0 Å². The largest absolute Gasteiger partial charge is 0.477 e. The first-order valence-electron chi connectivity index (χ1n) is 4.88. The summed E-state index contributed by atoms with van der Waals surface area (Å²) in [5, 5.41) is 10.7. The van der Waals surface area contributed by atoms with Crippen molar-refractivity contribution in [3.8, 4) is 5.82 Å². The van der Waals surface area contributed by atoms with Crippen molar-refractivity contribution in [3.63, 3.8) is 0 Å². The van der Waals surface area contributed by atoms with Crippen LogP contribution in [0.3, 0.4) is 0 Å². The molecule has 0 aromatic carbocycles. The summed E-state index contributed by atoms with van der Waals surface area (Å²) in [6.45, 7) is 0. The number of aromatic nitrogens is 3. The molecule has 0 aliphatic rings. The molecule has 19 heavy (non-hydrogen) atoms. The van der Waals surface area contributed by atoms with Crippen molar-refractivity contribution in [2.24, 2.45) is 0 Å². The van der Waals surface area contributed by atoms with Crippen molar-refractivity contribution in [1.82, 2.24) is 14.8 Å². The van der Waals surface area contributed by atoms with Crippen LogP contribution in [0.1, 0.15) is 16.1 Å². The molecule has 0 aliphatic carbocycles. The van der Waals surface area contributed by atoms with Gasteiger partial charge in [0.1, 0.15) is 11.3 Å². The van der Waals surface area contributed by atoms with E-state index in [1.807, 2.05) is 0 Å². The summed E-state index contributed by atoms with van der Waals surface area (Å²) >= 11 is 0. The van der Waals surface area contributed by atoms with E-state index in [1.54, 1.807) is 0 Å². The first-order chi connectivity index (χ1) is 8.80. The molecule has 0 aliphatic heterocycles. The Kier molecular flexibility index (Phi) is 2.89. The molecule has 0 atom stereocenters. The smallest absolute Gasteiger partial charge is 0.420 e. The van der Waals surface area contributed by atoms with Crippen LogP contribution in [0.2, 0.25) is 0 Å². The Bertz CT molecular complexity index is 687. The number of carboxylic acid groups (broad SMARTS) is 1. The van der Waals surface area contributed by atoms with E-state index in [-0.39, 0.29) is 0 Å². The minimum absolute atomic E-state index is 0.437. The molecule has 2 aromatic heterocycles. The summed E-state index contributed by atoms with van der Waals surface area (Å²) in [6, 6.07) is 2.49. The molecule has 2 aromatic rings. The van der Waals surface area contributed by atoms with Crippen LogP contribution in [-0.2, 0) is 6.18 Å². The third kappa shape index (κ3) is 2.34. The Balaban J connectivity index is 2.66. The molecule has 0 unspecified atom stereocenters. The average Bonchev–Trinajstić information content (AvgIpc) is 2.70. The maximum absolute atomic E-state index is 12.7. The SMILES string of the molecule is O=C(O)c1cc(=O)n(-c2ncccc2C(F)(F)F)[nH]1. The van der Waals surface area contributed by atoms with Gasteiger partial charge in [0.25, 0.3) is 5.56 Å². The van der Waals surface area contributed by atoms with Crippen LogP contribution in [0.4, 0.5) is 13.2 Å². The number of rotatable bonds is 2. The van der Waals surface area contributed by atoms with Gasteiger partial charge < -0.3 is 5.11 Å². The van der Waals surface area contributed by atoms with Crippen LogP contribution >= 0.6 is 0 Å². The summed E-state index contributed by atoms with van der Waals surface area (Å²) in [7, 11) is 0. The molecule has 2 N–H and O–H groups in total. The Morgan fingerprint density at radius 1 is 1.42 bits per heavy atom. The molecular formula is C10H6F3N3O3. The van der Waals surface area contributed by atoms with Crippen LogP contribution in [0, 0.1) is 0 Å². The lowest BCUT2D eigenvalue weighted by Crippen LogP contribution is -2.20. The fraction of sp³-hybridized carbons (Fsp3) is 0.100. The molecule has 2 heterocycles. The van der Waals surface area contributed by atoms with E-state index >= 15 is 0 Å². The van der Waals surface area contributed by atoms with E-state index in [0.29, 0.717) is 10.7 Å². The topological polar surface area (TPSA) is 88.0 Å². The van der Waals surface area contributed by atoms with Crippen LogP contribution in [0.5, 0.6) is 0 Å². The van der Waals surface area contributed by atoms with E-state index in [2.05, 4.69) is 10.1 Å². The minimum atomic E-state index is -4.71. The minimum Gasteiger partial charge on any atom is -0.477 e.